The Balaban J connectivity index is 2.86. The number of halogens is 1. The number of rotatable bonds is 4. The smallest absolute Gasteiger partial charge is 0.257 e. The molecule has 90 valence electrons. The summed E-state index contributed by atoms with van der Waals surface area (Å²) in [7, 11) is 3.58. The van der Waals surface area contributed by atoms with E-state index in [0.29, 0.717) is 12.1 Å². The zero-order valence-electron chi connectivity index (χ0n) is 10.2. The summed E-state index contributed by atoms with van der Waals surface area (Å²) in [4.78, 5) is 13.7. The van der Waals surface area contributed by atoms with Gasteiger partial charge in [-0.3, -0.25) is 9.48 Å². The lowest BCUT2D eigenvalue weighted by molar-refractivity contribution is 0.0795. The lowest BCUT2D eigenvalue weighted by Crippen LogP contribution is -2.31. The predicted molar refractivity (Wildman–Crippen MR) is 64.9 cm³/mol. The third-order valence-corrected chi connectivity index (χ3v) is 2.48. The van der Waals surface area contributed by atoms with E-state index >= 15 is 0 Å². The third-order valence-electron chi connectivity index (χ3n) is 2.34. The highest BCUT2D eigenvalue weighted by Gasteiger charge is 2.18. The molecule has 4 nitrogen and oxygen atoms in total. The Labute approximate surface area is 101 Å². The number of carbonyl (C=O) groups excluding carboxylic acids is 1. The van der Waals surface area contributed by atoms with Crippen LogP contribution in [0.5, 0.6) is 0 Å². The van der Waals surface area contributed by atoms with Crippen LogP contribution in [0.15, 0.2) is 6.20 Å². The van der Waals surface area contributed by atoms with Crippen LogP contribution in [-0.4, -0.2) is 39.6 Å². The second-order valence-electron chi connectivity index (χ2n) is 3.98. The van der Waals surface area contributed by atoms with Crippen molar-refractivity contribution in [3.05, 3.63) is 17.5 Å². The highest BCUT2D eigenvalue weighted by atomic mass is 35.5. The first kappa shape index (κ1) is 13.0. The van der Waals surface area contributed by atoms with Crippen LogP contribution in [0, 0.1) is 0 Å². The van der Waals surface area contributed by atoms with Crippen molar-refractivity contribution in [1.29, 1.82) is 0 Å². The minimum atomic E-state index is -0.0457. The monoisotopic (exact) mass is 243 g/mol. The van der Waals surface area contributed by atoms with E-state index in [1.165, 1.54) is 0 Å². The molecule has 1 aromatic heterocycles. The van der Waals surface area contributed by atoms with Gasteiger partial charge in [-0.2, -0.15) is 5.10 Å². The summed E-state index contributed by atoms with van der Waals surface area (Å²) in [5.74, 6) is -0.0162. The SMILES string of the molecule is CCc1nn(C)cc1C(=O)N(C)CC(C)Cl. The van der Waals surface area contributed by atoms with Gasteiger partial charge in [-0.1, -0.05) is 6.92 Å². The first-order valence-corrected chi connectivity index (χ1v) is 5.81. The van der Waals surface area contributed by atoms with Crippen molar-refractivity contribution in [2.75, 3.05) is 13.6 Å². The first-order valence-electron chi connectivity index (χ1n) is 5.37. The minimum absolute atomic E-state index is 0.0162. The van der Waals surface area contributed by atoms with Crippen molar-refractivity contribution >= 4 is 17.5 Å². The largest absolute Gasteiger partial charge is 0.340 e. The summed E-state index contributed by atoms with van der Waals surface area (Å²) in [6.45, 7) is 4.40. The molecule has 5 heteroatoms. The van der Waals surface area contributed by atoms with Gasteiger partial charge in [0.1, 0.15) is 0 Å². The topological polar surface area (TPSA) is 38.1 Å². The van der Waals surface area contributed by atoms with E-state index < -0.39 is 0 Å². The maximum Gasteiger partial charge on any atom is 0.257 e. The van der Waals surface area contributed by atoms with Crippen LogP contribution in [0.2, 0.25) is 0 Å². The van der Waals surface area contributed by atoms with Gasteiger partial charge in [0.2, 0.25) is 0 Å². The summed E-state index contributed by atoms with van der Waals surface area (Å²) in [6.07, 6.45) is 2.52. The van der Waals surface area contributed by atoms with Crippen LogP contribution in [0.4, 0.5) is 0 Å². The molecule has 0 fully saturated rings. The molecule has 0 saturated heterocycles. The average Bonchev–Trinajstić information content (AvgIpc) is 2.57. The number of hydrogen-bond donors (Lipinski definition) is 0. The molecular formula is C11H18ClN3O. The van der Waals surface area contributed by atoms with E-state index in [1.807, 2.05) is 20.9 Å². The molecule has 1 heterocycles. The van der Waals surface area contributed by atoms with Gasteiger partial charge in [0.15, 0.2) is 0 Å². The Morgan fingerprint density at radius 3 is 2.81 bits per heavy atom. The fourth-order valence-electron chi connectivity index (χ4n) is 1.64. The van der Waals surface area contributed by atoms with E-state index in [1.54, 1.807) is 22.8 Å². The van der Waals surface area contributed by atoms with Crippen LogP contribution in [-0.2, 0) is 13.5 Å². The Morgan fingerprint density at radius 2 is 2.31 bits per heavy atom. The molecule has 16 heavy (non-hydrogen) atoms. The lowest BCUT2D eigenvalue weighted by atomic mass is 10.2. The van der Waals surface area contributed by atoms with E-state index in [4.69, 9.17) is 11.6 Å². The van der Waals surface area contributed by atoms with Crippen molar-refractivity contribution < 1.29 is 4.79 Å². The van der Waals surface area contributed by atoms with Gasteiger partial charge in [-0.15, -0.1) is 11.6 Å². The van der Waals surface area contributed by atoms with Gasteiger partial charge in [0.05, 0.1) is 11.3 Å². The average molecular weight is 244 g/mol. The van der Waals surface area contributed by atoms with Gasteiger partial charge in [0.25, 0.3) is 5.91 Å². The molecule has 1 amide bonds. The molecule has 1 unspecified atom stereocenters. The number of hydrogen-bond acceptors (Lipinski definition) is 2. The van der Waals surface area contributed by atoms with Gasteiger partial charge >= 0.3 is 0 Å². The number of nitrogens with zero attached hydrogens (tertiary/aromatic N) is 3. The van der Waals surface area contributed by atoms with Crippen LogP contribution >= 0.6 is 11.6 Å². The first-order chi connectivity index (χ1) is 7.45. The van der Waals surface area contributed by atoms with Gasteiger partial charge in [-0.25, -0.2) is 0 Å². The normalized spacial score (nSPS) is 12.6. The van der Waals surface area contributed by atoms with E-state index in [2.05, 4.69) is 5.10 Å². The number of amides is 1. The quantitative estimate of drug-likeness (QED) is 0.755. The fraction of sp³-hybridized carbons (Fsp3) is 0.636. The Hall–Kier alpha value is -1.03. The molecule has 0 radical (unpaired) electrons. The lowest BCUT2D eigenvalue weighted by Gasteiger charge is -2.18. The number of aromatic nitrogens is 2. The molecule has 1 aromatic rings. The number of carbonyl (C=O) groups is 1. The van der Waals surface area contributed by atoms with E-state index in [9.17, 15) is 4.79 Å². The van der Waals surface area contributed by atoms with Crippen LogP contribution in [0.1, 0.15) is 29.9 Å². The van der Waals surface area contributed by atoms with Gasteiger partial charge in [-0.05, 0) is 13.3 Å². The molecule has 0 aliphatic carbocycles. The Morgan fingerprint density at radius 1 is 1.69 bits per heavy atom. The molecule has 1 atom stereocenters. The molecule has 1 rings (SSSR count). The molecule has 0 aliphatic heterocycles. The molecule has 0 bridgehead atoms. The number of aryl methyl sites for hydroxylation is 2. The molecule has 0 saturated carbocycles. The van der Waals surface area contributed by atoms with Crippen LogP contribution < -0.4 is 0 Å². The summed E-state index contributed by atoms with van der Waals surface area (Å²) in [5, 5.41) is 4.20. The second-order valence-corrected chi connectivity index (χ2v) is 4.73. The summed E-state index contributed by atoms with van der Waals surface area (Å²) >= 11 is 5.87. The number of alkyl halides is 1. The maximum absolute atomic E-state index is 12.1. The summed E-state index contributed by atoms with van der Waals surface area (Å²) < 4.78 is 1.67. The highest BCUT2D eigenvalue weighted by Crippen LogP contribution is 2.11. The molecule has 0 aromatic carbocycles. The van der Waals surface area contributed by atoms with Crippen molar-refractivity contribution in [3.63, 3.8) is 0 Å². The van der Waals surface area contributed by atoms with Crippen LogP contribution in [0.25, 0.3) is 0 Å². The van der Waals surface area contributed by atoms with Gasteiger partial charge < -0.3 is 4.90 Å². The van der Waals surface area contributed by atoms with Crippen molar-refractivity contribution in [2.24, 2.45) is 7.05 Å². The minimum Gasteiger partial charge on any atom is -0.340 e. The third kappa shape index (κ3) is 2.98. The fourth-order valence-corrected chi connectivity index (χ4v) is 1.85. The Kier molecular flexibility index (Phi) is 4.35. The predicted octanol–water partition coefficient (Wildman–Crippen LogP) is 1.68. The van der Waals surface area contributed by atoms with Crippen molar-refractivity contribution in [2.45, 2.75) is 25.6 Å². The van der Waals surface area contributed by atoms with Crippen molar-refractivity contribution in [1.82, 2.24) is 14.7 Å². The molecule has 0 N–H and O–H groups in total. The second kappa shape index (κ2) is 5.34. The molecule has 0 aliphatic rings. The van der Waals surface area contributed by atoms with Crippen LogP contribution in [0.3, 0.4) is 0 Å². The molecular weight excluding hydrogens is 226 g/mol. The zero-order valence-corrected chi connectivity index (χ0v) is 11.0. The highest BCUT2D eigenvalue weighted by molar-refractivity contribution is 6.20. The summed E-state index contributed by atoms with van der Waals surface area (Å²) in [6, 6.07) is 0. The molecule has 0 spiro atoms. The standard InChI is InChI=1S/C11H18ClN3O/c1-5-10-9(7-15(4)13-10)11(16)14(3)6-8(2)12/h7-8H,5-6H2,1-4H3. The Bertz CT molecular complexity index is 373. The van der Waals surface area contributed by atoms with E-state index in [0.717, 1.165) is 12.1 Å². The summed E-state index contributed by atoms with van der Waals surface area (Å²) in [5.41, 5.74) is 1.51. The maximum atomic E-state index is 12.1. The zero-order chi connectivity index (χ0) is 12.3. The van der Waals surface area contributed by atoms with Gasteiger partial charge in [0, 0.05) is 32.2 Å². The van der Waals surface area contributed by atoms with E-state index in [-0.39, 0.29) is 11.3 Å². The van der Waals surface area contributed by atoms with Crippen molar-refractivity contribution in [3.8, 4) is 0 Å².